The first kappa shape index (κ1) is 14.1. The number of carbonyl (C=O) groups is 1. The zero-order valence-corrected chi connectivity index (χ0v) is 11.3. The molecule has 3 nitrogen and oxygen atoms in total. The number of halogens is 2. The van der Waals surface area contributed by atoms with Crippen LogP contribution in [0.25, 0.3) is 0 Å². The quantitative estimate of drug-likeness (QED) is 0.897. The van der Waals surface area contributed by atoms with Crippen LogP contribution in [0.15, 0.2) is 22.7 Å². The molecule has 0 aliphatic heterocycles. The van der Waals surface area contributed by atoms with E-state index in [2.05, 4.69) is 21.2 Å². The lowest BCUT2D eigenvalue weighted by Crippen LogP contribution is -2.34. The molecule has 0 spiro atoms. The number of nitrogens with one attached hydrogen (secondary N) is 1. The Morgan fingerprint density at radius 3 is 2.71 bits per heavy atom. The molecule has 0 saturated heterocycles. The third kappa shape index (κ3) is 4.09. The van der Waals surface area contributed by atoms with Crippen LogP contribution in [0.2, 0.25) is 0 Å². The fraction of sp³-hybridized carbons (Fsp3) is 0.417. The van der Waals surface area contributed by atoms with Gasteiger partial charge in [-0.3, -0.25) is 4.79 Å². The molecule has 0 radical (unpaired) electrons. The normalized spacial score (nSPS) is 12.6. The molecule has 1 aromatic carbocycles. The van der Waals surface area contributed by atoms with Gasteiger partial charge < -0.3 is 10.4 Å². The highest BCUT2D eigenvalue weighted by molar-refractivity contribution is 9.10. The van der Waals surface area contributed by atoms with Gasteiger partial charge in [0.05, 0.1) is 10.6 Å². The third-order valence-electron chi connectivity index (χ3n) is 2.42. The van der Waals surface area contributed by atoms with E-state index in [1.807, 2.05) is 13.8 Å². The molecule has 5 heteroatoms. The number of carbonyl (C=O) groups excluding carboxylic acids is 1. The van der Waals surface area contributed by atoms with E-state index < -0.39 is 11.9 Å². The van der Waals surface area contributed by atoms with Gasteiger partial charge in [-0.25, -0.2) is 4.39 Å². The van der Waals surface area contributed by atoms with Crippen LogP contribution in [0.1, 0.15) is 24.2 Å². The van der Waals surface area contributed by atoms with E-state index >= 15 is 0 Å². The molecule has 2 N–H and O–H groups in total. The van der Waals surface area contributed by atoms with E-state index in [0.29, 0.717) is 5.56 Å². The standard InChI is InChI=1S/C12H15BrFNO2/c1-7(2)11(16)6-15-12(17)8-3-4-10(14)9(13)5-8/h3-5,7,11,16H,6H2,1-2H3,(H,15,17). The predicted molar refractivity (Wildman–Crippen MR) is 67.3 cm³/mol. The molecule has 17 heavy (non-hydrogen) atoms. The van der Waals surface area contributed by atoms with Gasteiger partial charge in [0.2, 0.25) is 0 Å². The van der Waals surface area contributed by atoms with E-state index in [-0.39, 0.29) is 22.8 Å². The van der Waals surface area contributed by atoms with Gasteiger partial charge >= 0.3 is 0 Å². The molecule has 0 saturated carbocycles. The lowest BCUT2D eigenvalue weighted by Gasteiger charge is -2.15. The Balaban J connectivity index is 2.61. The minimum Gasteiger partial charge on any atom is -0.391 e. The highest BCUT2D eigenvalue weighted by atomic mass is 79.9. The molecule has 94 valence electrons. The van der Waals surface area contributed by atoms with Gasteiger partial charge in [0.25, 0.3) is 5.91 Å². The van der Waals surface area contributed by atoms with Gasteiger partial charge in [0.15, 0.2) is 0 Å². The maximum Gasteiger partial charge on any atom is 0.251 e. The Hall–Kier alpha value is -0.940. The van der Waals surface area contributed by atoms with Crippen molar-refractivity contribution in [1.29, 1.82) is 0 Å². The first-order valence-corrected chi connectivity index (χ1v) is 6.12. The Bertz CT molecular complexity index is 409. The van der Waals surface area contributed by atoms with Crippen LogP contribution in [0.5, 0.6) is 0 Å². The minimum atomic E-state index is -0.581. The number of aliphatic hydroxyl groups excluding tert-OH is 1. The summed E-state index contributed by atoms with van der Waals surface area (Å²) in [6.45, 7) is 3.92. The van der Waals surface area contributed by atoms with Crippen molar-refractivity contribution in [1.82, 2.24) is 5.32 Å². The Labute approximate surface area is 108 Å². The summed E-state index contributed by atoms with van der Waals surface area (Å²) in [5.74, 6) is -0.663. The van der Waals surface area contributed by atoms with E-state index in [0.717, 1.165) is 0 Å². The number of amides is 1. The molecule has 0 aliphatic rings. The highest BCUT2D eigenvalue weighted by Crippen LogP contribution is 2.16. The van der Waals surface area contributed by atoms with E-state index in [1.165, 1.54) is 18.2 Å². The second-order valence-electron chi connectivity index (χ2n) is 4.15. The van der Waals surface area contributed by atoms with Crippen molar-refractivity contribution in [3.05, 3.63) is 34.1 Å². The maximum absolute atomic E-state index is 13.0. The van der Waals surface area contributed by atoms with Crippen molar-refractivity contribution in [2.24, 2.45) is 5.92 Å². The van der Waals surface area contributed by atoms with Crippen LogP contribution in [0.4, 0.5) is 4.39 Å². The largest absolute Gasteiger partial charge is 0.391 e. The molecule has 0 bridgehead atoms. The summed E-state index contributed by atoms with van der Waals surface area (Å²) in [5.41, 5.74) is 0.356. The smallest absolute Gasteiger partial charge is 0.251 e. The Morgan fingerprint density at radius 1 is 1.53 bits per heavy atom. The lowest BCUT2D eigenvalue weighted by molar-refractivity contribution is 0.0871. The zero-order valence-electron chi connectivity index (χ0n) is 9.71. The van der Waals surface area contributed by atoms with Crippen LogP contribution < -0.4 is 5.32 Å². The zero-order chi connectivity index (χ0) is 13.0. The minimum absolute atomic E-state index is 0.0789. The summed E-state index contributed by atoms with van der Waals surface area (Å²) in [7, 11) is 0. The predicted octanol–water partition coefficient (Wildman–Crippen LogP) is 2.33. The van der Waals surface area contributed by atoms with Gasteiger partial charge in [0, 0.05) is 12.1 Å². The summed E-state index contributed by atoms with van der Waals surface area (Å²) in [5, 5.41) is 12.1. The van der Waals surface area contributed by atoms with Gasteiger partial charge in [-0.05, 0) is 40.0 Å². The van der Waals surface area contributed by atoms with Gasteiger partial charge in [-0.15, -0.1) is 0 Å². The summed E-state index contributed by atoms with van der Waals surface area (Å²) >= 11 is 3.01. The van der Waals surface area contributed by atoms with Gasteiger partial charge in [-0.1, -0.05) is 13.8 Å². The number of benzene rings is 1. The second kappa shape index (κ2) is 6.12. The summed E-state index contributed by atoms with van der Waals surface area (Å²) in [4.78, 5) is 11.7. The van der Waals surface area contributed by atoms with Crippen molar-refractivity contribution in [3.63, 3.8) is 0 Å². The maximum atomic E-state index is 13.0. The van der Waals surface area contributed by atoms with E-state index in [1.54, 1.807) is 0 Å². The summed E-state index contributed by atoms with van der Waals surface area (Å²) < 4.78 is 13.2. The number of aliphatic hydroxyl groups is 1. The van der Waals surface area contributed by atoms with Crippen LogP contribution >= 0.6 is 15.9 Å². The monoisotopic (exact) mass is 303 g/mol. The van der Waals surface area contributed by atoms with Gasteiger partial charge in [0.1, 0.15) is 5.82 Å². The van der Waals surface area contributed by atoms with Crippen LogP contribution in [0, 0.1) is 11.7 Å². The number of rotatable bonds is 4. The molecular weight excluding hydrogens is 289 g/mol. The van der Waals surface area contributed by atoms with Crippen molar-refractivity contribution in [2.75, 3.05) is 6.54 Å². The Kier molecular flexibility index (Phi) is 5.08. The van der Waals surface area contributed by atoms with Crippen molar-refractivity contribution in [3.8, 4) is 0 Å². The molecule has 1 atom stereocenters. The highest BCUT2D eigenvalue weighted by Gasteiger charge is 2.12. The van der Waals surface area contributed by atoms with E-state index in [4.69, 9.17) is 0 Å². The molecule has 0 aromatic heterocycles. The molecular formula is C12H15BrFNO2. The lowest BCUT2D eigenvalue weighted by atomic mass is 10.1. The van der Waals surface area contributed by atoms with Crippen molar-refractivity contribution in [2.45, 2.75) is 20.0 Å². The van der Waals surface area contributed by atoms with Crippen LogP contribution in [-0.2, 0) is 0 Å². The first-order chi connectivity index (χ1) is 7.91. The molecule has 1 rings (SSSR count). The summed E-state index contributed by atoms with van der Waals surface area (Å²) in [6, 6.07) is 4.03. The van der Waals surface area contributed by atoms with E-state index in [9.17, 15) is 14.3 Å². The Morgan fingerprint density at radius 2 is 2.18 bits per heavy atom. The number of hydrogen-bond acceptors (Lipinski definition) is 2. The number of hydrogen-bond donors (Lipinski definition) is 2. The van der Waals surface area contributed by atoms with Crippen LogP contribution in [0.3, 0.4) is 0 Å². The summed E-state index contributed by atoms with van der Waals surface area (Å²) in [6.07, 6.45) is -0.581. The SMILES string of the molecule is CC(C)C(O)CNC(=O)c1ccc(F)c(Br)c1. The topological polar surface area (TPSA) is 49.3 Å². The average molecular weight is 304 g/mol. The molecule has 1 unspecified atom stereocenters. The second-order valence-corrected chi connectivity index (χ2v) is 5.00. The van der Waals surface area contributed by atoms with Crippen LogP contribution in [-0.4, -0.2) is 23.7 Å². The molecule has 0 fully saturated rings. The average Bonchev–Trinajstić information content (AvgIpc) is 2.28. The molecule has 1 amide bonds. The molecule has 0 aliphatic carbocycles. The molecule has 0 heterocycles. The first-order valence-electron chi connectivity index (χ1n) is 5.33. The van der Waals surface area contributed by atoms with Crippen molar-refractivity contribution < 1.29 is 14.3 Å². The van der Waals surface area contributed by atoms with Gasteiger partial charge in [-0.2, -0.15) is 0 Å². The fourth-order valence-electron chi connectivity index (χ4n) is 1.17. The third-order valence-corrected chi connectivity index (χ3v) is 3.03. The fourth-order valence-corrected chi connectivity index (χ4v) is 1.55. The molecule has 1 aromatic rings. The van der Waals surface area contributed by atoms with Crippen molar-refractivity contribution >= 4 is 21.8 Å².